The number of carbonyl (C=O) groups excluding carboxylic acids is 1. The van der Waals surface area contributed by atoms with Gasteiger partial charge in [-0.2, -0.15) is 0 Å². The van der Waals surface area contributed by atoms with Crippen LogP contribution >= 0.6 is 11.6 Å². The third-order valence-electron chi connectivity index (χ3n) is 3.02. The molecule has 2 N–H and O–H groups in total. The number of aromatic hydroxyl groups is 1. The Morgan fingerprint density at radius 2 is 2.00 bits per heavy atom. The maximum atomic E-state index is 12.2. The van der Waals surface area contributed by atoms with Gasteiger partial charge in [0.1, 0.15) is 12.4 Å². The fourth-order valence-corrected chi connectivity index (χ4v) is 2.14. The Kier molecular flexibility index (Phi) is 3.58. The Bertz CT molecular complexity index is 689. The SMILES string of the molecule is O=C(Nc1ccc(O)c(Cl)c1)C1COc2ccccc2O1. The van der Waals surface area contributed by atoms with Crippen LogP contribution in [-0.2, 0) is 4.79 Å². The first kappa shape index (κ1) is 13.6. The second kappa shape index (κ2) is 5.54. The van der Waals surface area contributed by atoms with Gasteiger partial charge < -0.3 is 19.9 Å². The van der Waals surface area contributed by atoms with Crippen molar-refractivity contribution in [1.29, 1.82) is 0 Å². The lowest BCUT2D eigenvalue weighted by Gasteiger charge is -2.25. The van der Waals surface area contributed by atoms with Gasteiger partial charge in [0.2, 0.25) is 6.10 Å². The van der Waals surface area contributed by atoms with Crippen molar-refractivity contribution in [3.63, 3.8) is 0 Å². The highest BCUT2D eigenvalue weighted by Gasteiger charge is 2.27. The first-order valence-corrected chi connectivity index (χ1v) is 6.69. The molecule has 0 saturated heterocycles. The Hall–Kier alpha value is -2.40. The highest BCUT2D eigenvalue weighted by Crippen LogP contribution is 2.31. The molecule has 1 amide bonds. The van der Waals surface area contributed by atoms with Gasteiger partial charge in [-0.3, -0.25) is 4.79 Å². The van der Waals surface area contributed by atoms with Crippen molar-refractivity contribution < 1.29 is 19.4 Å². The normalized spacial score (nSPS) is 16.3. The molecule has 1 atom stereocenters. The summed E-state index contributed by atoms with van der Waals surface area (Å²) < 4.78 is 11.1. The van der Waals surface area contributed by atoms with E-state index in [2.05, 4.69) is 5.32 Å². The average Bonchev–Trinajstić information content (AvgIpc) is 2.50. The lowest BCUT2D eigenvalue weighted by atomic mass is 10.2. The number of fused-ring (bicyclic) bond motifs is 1. The van der Waals surface area contributed by atoms with E-state index in [0.29, 0.717) is 17.2 Å². The fraction of sp³-hybridized carbons (Fsp3) is 0.133. The number of ether oxygens (including phenoxy) is 2. The maximum absolute atomic E-state index is 12.2. The Balaban J connectivity index is 1.70. The summed E-state index contributed by atoms with van der Waals surface area (Å²) >= 11 is 5.79. The van der Waals surface area contributed by atoms with E-state index in [1.807, 2.05) is 12.1 Å². The molecule has 6 heteroatoms. The number of rotatable bonds is 2. The highest BCUT2D eigenvalue weighted by molar-refractivity contribution is 6.32. The third-order valence-corrected chi connectivity index (χ3v) is 3.32. The van der Waals surface area contributed by atoms with E-state index < -0.39 is 6.10 Å². The van der Waals surface area contributed by atoms with Gasteiger partial charge in [0.15, 0.2) is 11.5 Å². The first-order chi connectivity index (χ1) is 10.1. The number of para-hydroxylation sites is 2. The van der Waals surface area contributed by atoms with E-state index in [1.54, 1.807) is 18.2 Å². The Morgan fingerprint density at radius 3 is 2.76 bits per heavy atom. The molecule has 2 aromatic carbocycles. The summed E-state index contributed by atoms with van der Waals surface area (Å²) in [5, 5.41) is 12.2. The summed E-state index contributed by atoms with van der Waals surface area (Å²) in [5.41, 5.74) is 0.477. The second-order valence-corrected chi connectivity index (χ2v) is 4.93. The van der Waals surface area contributed by atoms with Crippen molar-refractivity contribution in [3.8, 4) is 17.2 Å². The van der Waals surface area contributed by atoms with Gasteiger partial charge in [-0.15, -0.1) is 0 Å². The van der Waals surface area contributed by atoms with Crippen molar-refractivity contribution in [1.82, 2.24) is 0 Å². The number of carbonyl (C=O) groups is 1. The predicted octanol–water partition coefficient (Wildman–Crippen LogP) is 2.82. The zero-order valence-corrected chi connectivity index (χ0v) is 11.6. The quantitative estimate of drug-likeness (QED) is 0.837. The van der Waals surface area contributed by atoms with Crippen LogP contribution in [0.3, 0.4) is 0 Å². The van der Waals surface area contributed by atoms with Crippen molar-refractivity contribution in [2.24, 2.45) is 0 Å². The molecule has 5 nitrogen and oxygen atoms in total. The van der Waals surface area contributed by atoms with Gasteiger partial charge >= 0.3 is 0 Å². The summed E-state index contributed by atoms with van der Waals surface area (Å²) in [6, 6.07) is 11.6. The van der Waals surface area contributed by atoms with Crippen LogP contribution in [0.4, 0.5) is 5.69 Å². The number of anilines is 1. The number of hydrogen-bond acceptors (Lipinski definition) is 4. The van der Waals surface area contributed by atoms with E-state index in [0.717, 1.165) is 0 Å². The fourth-order valence-electron chi connectivity index (χ4n) is 1.96. The van der Waals surface area contributed by atoms with E-state index in [9.17, 15) is 9.90 Å². The standard InChI is InChI=1S/C15H12ClNO4/c16-10-7-9(5-6-11(10)18)17-15(19)14-8-20-12-3-1-2-4-13(12)21-14/h1-7,14,18H,8H2,(H,17,19). The van der Waals surface area contributed by atoms with Gasteiger partial charge in [0, 0.05) is 5.69 Å². The predicted molar refractivity (Wildman–Crippen MR) is 78.1 cm³/mol. The number of benzene rings is 2. The molecule has 2 aromatic rings. The summed E-state index contributed by atoms with van der Waals surface area (Å²) in [4.78, 5) is 12.2. The van der Waals surface area contributed by atoms with Gasteiger partial charge in [0.25, 0.3) is 5.91 Å². The van der Waals surface area contributed by atoms with Gasteiger partial charge in [-0.25, -0.2) is 0 Å². The molecule has 21 heavy (non-hydrogen) atoms. The van der Waals surface area contributed by atoms with Crippen LogP contribution in [0.25, 0.3) is 0 Å². The second-order valence-electron chi connectivity index (χ2n) is 4.52. The van der Waals surface area contributed by atoms with Gasteiger partial charge in [-0.1, -0.05) is 23.7 Å². The van der Waals surface area contributed by atoms with Gasteiger partial charge in [-0.05, 0) is 30.3 Å². The molecule has 3 rings (SSSR count). The van der Waals surface area contributed by atoms with E-state index in [1.165, 1.54) is 12.1 Å². The van der Waals surface area contributed by atoms with Crippen LogP contribution < -0.4 is 14.8 Å². The first-order valence-electron chi connectivity index (χ1n) is 6.31. The molecule has 108 valence electrons. The molecule has 1 unspecified atom stereocenters. The number of amides is 1. The smallest absolute Gasteiger partial charge is 0.269 e. The van der Waals surface area contributed by atoms with Crippen molar-refractivity contribution in [3.05, 3.63) is 47.5 Å². The van der Waals surface area contributed by atoms with Crippen LogP contribution in [0.1, 0.15) is 0 Å². The summed E-state index contributed by atoms with van der Waals surface area (Å²) in [6.45, 7) is 0.134. The zero-order valence-electron chi connectivity index (χ0n) is 10.9. The Morgan fingerprint density at radius 1 is 1.24 bits per heavy atom. The summed E-state index contributed by atoms with van der Waals surface area (Å²) in [5.74, 6) is 0.772. The molecule has 0 fully saturated rings. The molecule has 1 aliphatic rings. The molecule has 0 bridgehead atoms. The molecule has 1 heterocycles. The minimum Gasteiger partial charge on any atom is -0.506 e. The number of phenols is 1. The third kappa shape index (κ3) is 2.87. The Labute approximate surface area is 126 Å². The topological polar surface area (TPSA) is 67.8 Å². The van der Waals surface area contributed by atoms with Gasteiger partial charge in [0.05, 0.1) is 5.02 Å². The number of phenolic OH excluding ortho intramolecular Hbond substituents is 1. The average molecular weight is 306 g/mol. The molecule has 1 aliphatic heterocycles. The highest BCUT2D eigenvalue weighted by atomic mass is 35.5. The van der Waals surface area contributed by atoms with Crippen LogP contribution in [0.15, 0.2) is 42.5 Å². The summed E-state index contributed by atoms with van der Waals surface area (Å²) in [7, 11) is 0. The minimum absolute atomic E-state index is 0.0409. The number of hydrogen-bond donors (Lipinski definition) is 2. The van der Waals surface area contributed by atoms with E-state index >= 15 is 0 Å². The van der Waals surface area contributed by atoms with E-state index in [-0.39, 0.29) is 23.3 Å². The summed E-state index contributed by atoms with van der Waals surface area (Å²) in [6.07, 6.45) is -0.743. The van der Waals surface area contributed by atoms with Crippen molar-refractivity contribution in [2.45, 2.75) is 6.10 Å². The maximum Gasteiger partial charge on any atom is 0.269 e. The number of halogens is 1. The molecule has 0 radical (unpaired) electrons. The molecule has 0 saturated carbocycles. The lowest BCUT2D eigenvalue weighted by Crippen LogP contribution is -2.40. The van der Waals surface area contributed by atoms with Crippen molar-refractivity contribution >= 4 is 23.2 Å². The molecule has 0 aliphatic carbocycles. The van der Waals surface area contributed by atoms with Crippen LogP contribution in [0.2, 0.25) is 5.02 Å². The largest absolute Gasteiger partial charge is 0.506 e. The molecular formula is C15H12ClNO4. The monoisotopic (exact) mass is 305 g/mol. The van der Waals surface area contributed by atoms with Crippen LogP contribution in [-0.4, -0.2) is 23.7 Å². The van der Waals surface area contributed by atoms with Crippen LogP contribution in [0, 0.1) is 0 Å². The lowest BCUT2D eigenvalue weighted by molar-refractivity contribution is -0.125. The molecule has 0 aromatic heterocycles. The molecular weight excluding hydrogens is 294 g/mol. The zero-order chi connectivity index (χ0) is 14.8. The minimum atomic E-state index is -0.743. The molecule has 0 spiro atoms. The van der Waals surface area contributed by atoms with E-state index in [4.69, 9.17) is 21.1 Å². The van der Waals surface area contributed by atoms with Crippen LogP contribution in [0.5, 0.6) is 17.2 Å². The number of nitrogens with one attached hydrogen (secondary N) is 1. The van der Waals surface area contributed by atoms with Crippen molar-refractivity contribution in [2.75, 3.05) is 11.9 Å².